The Kier molecular flexibility index (Phi) is 4.58. The summed E-state index contributed by atoms with van der Waals surface area (Å²) in [7, 11) is -3.35. The standard InChI is InChI=1S/C13H20N4O3S/c1-9-6-10(2)16-13(15-9)11-4-5-17(8-11)12(18)7-14-21(3,19)20/h6,11,14H,4-5,7-8H2,1-3H3/t11-/m1/s1. The average Bonchev–Trinajstić information content (AvgIpc) is 2.83. The maximum absolute atomic E-state index is 12.0. The van der Waals surface area contributed by atoms with Gasteiger partial charge in [-0.05, 0) is 26.3 Å². The number of nitrogens with zero attached hydrogens (tertiary/aromatic N) is 3. The summed E-state index contributed by atoms with van der Waals surface area (Å²) < 4.78 is 24.2. The van der Waals surface area contributed by atoms with Gasteiger partial charge in [-0.15, -0.1) is 0 Å². The van der Waals surface area contributed by atoms with Gasteiger partial charge in [-0.3, -0.25) is 4.79 Å². The quantitative estimate of drug-likeness (QED) is 0.842. The second-order valence-electron chi connectivity index (χ2n) is 5.43. The third-order valence-electron chi connectivity index (χ3n) is 3.39. The number of aryl methyl sites for hydroxylation is 2. The zero-order valence-corrected chi connectivity index (χ0v) is 13.3. The number of carbonyl (C=O) groups is 1. The van der Waals surface area contributed by atoms with Crippen LogP contribution in [0.25, 0.3) is 0 Å². The number of hydrogen-bond acceptors (Lipinski definition) is 5. The molecule has 7 nitrogen and oxygen atoms in total. The van der Waals surface area contributed by atoms with Crippen LogP contribution in [0.15, 0.2) is 6.07 Å². The van der Waals surface area contributed by atoms with Crippen LogP contribution in [-0.4, -0.2) is 55.1 Å². The second-order valence-corrected chi connectivity index (χ2v) is 7.26. The molecule has 0 spiro atoms. The van der Waals surface area contributed by atoms with Crippen LogP contribution < -0.4 is 4.72 Å². The summed E-state index contributed by atoms with van der Waals surface area (Å²) in [6.45, 7) is 4.79. The highest BCUT2D eigenvalue weighted by atomic mass is 32.2. The Morgan fingerprint density at radius 3 is 2.57 bits per heavy atom. The lowest BCUT2D eigenvalue weighted by Gasteiger charge is -2.16. The Bertz CT molecular complexity index is 625. The lowest BCUT2D eigenvalue weighted by Crippen LogP contribution is -2.38. The van der Waals surface area contributed by atoms with Crippen LogP contribution in [0.2, 0.25) is 0 Å². The first-order valence-corrected chi connectivity index (χ1v) is 8.68. The number of nitrogens with one attached hydrogen (secondary N) is 1. The van der Waals surface area contributed by atoms with Crippen molar-refractivity contribution in [3.63, 3.8) is 0 Å². The molecule has 1 aliphatic heterocycles. The Balaban J connectivity index is 1.98. The van der Waals surface area contributed by atoms with Crippen molar-refractivity contribution in [3.05, 3.63) is 23.3 Å². The molecule has 2 rings (SSSR count). The van der Waals surface area contributed by atoms with E-state index in [0.29, 0.717) is 13.1 Å². The summed E-state index contributed by atoms with van der Waals surface area (Å²) in [5.74, 6) is 0.664. The predicted molar refractivity (Wildman–Crippen MR) is 78.3 cm³/mol. The topological polar surface area (TPSA) is 92.3 Å². The molecule has 1 atom stereocenters. The molecule has 21 heavy (non-hydrogen) atoms. The van der Waals surface area contributed by atoms with Gasteiger partial charge >= 0.3 is 0 Å². The van der Waals surface area contributed by atoms with Gasteiger partial charge in [0.1, 0.15) is 5.82 Å². The highest BCUT2D eigenvalue weighted by Gasteiger charge is 2.29. The van der Waals surface area contributed by atoms with Crippen molar-refractivity contribution < 1.29 is 13.2 Å². The van der Waals surface area contributed by atoms with Gasteiger partial charge in [-0.1, -0.05) is 0 Å². The van der Waals surface area contributed by atoms with E-state index in [1.807, 2.05) is 19.9 Å². The summed E-state index contributed by atoms with van der Waals surface area (Å²) in [6.07, 6.45) is 1.84. The van der Waals surface area contributed by atoms with Gasteiger partial charge in [-0.2, -0.15) is 0 Å². The number of likely N-dealkylation sites (tertiary alicyclic amines) is 1. The molecule has 1 saturated heterocycles. The largest absolute Gasteiger partial charge is 0.341 e. The molecule has 2 heterocycles. The molecule has 8 heteroatoms. The second kappa shape index (κ2) is 6.07. The van der Waals surface area contributed by atoms with Crippen LogP contribution in [0, 0.1) is 13.8 Å². The summed E-state index contributed by atoms with van der Waals surface area (Å²) in [6, 6.07) is 1.91. The van der Waals surface area contributed by atoms with Crippen LogP contribution in [0.4, 0.5) is 0 Å². The molecule has 1 fully saturated rings. The lowest BCUT2D eigenvalue weighted by molar-refractivity contribution is -0.128. The third kappa shape index (κ3) is 4.47. The first kappa shape index (κ1) is 15.8. The maximum Gasteiger partial charge on any atom is 0.237 e. The number of aromatic nitrogens is 2. The summed E-state index contributed by atoms with van der Waals surface area (Å²) in [5, 5.41) is 0. The minimum Gasteiger partial charge on any atom is -0.341 e. The fraction of sp³-hybridized carbons (Fsp3) is 0.615. The van der Waals surface area contributed by atoms with Gasteiger partial charge in [0, 0.05) is 30.4 Å². The highest BCUT2D eigenvalue weighted by molar-refractivity contribution is 7.88. The molecule has 0 bridgehead atoms. The molecule has 0 saturated carbocycles. The SMILES string of the molecule is Cc1cc(C)nc([C@@H]2CCN(C(=O)CNS(C)(=O)=O)C2)n1. The smallest absolute Gasteiger partial charge is 0.237 e. The van der Waals surface area contributed by atoms with Gasteiger partial charge in [0.15, 0.2) is 0 Å². The lowest BCUT2D eigenvalue weighted by atomic mass is 10.1. The van der Waals surface area contributed by atoms with Crippen LogP contribution in [-0.2, 0) is 14.8 Å². The van der Waals surface area contributed by atoms with Crippen molar-refractivity contribution in [1.82, 2.24) is 19.6 Å². The van der Waals surface area contributed by atoms with Crippen molar-refractivity contribution in [2.75, 3.05) is 25.9 Å². The summed E-state index contributed by atoms with van der Waals surface area (Å²) in [5.41, 5.74) is 1.84. The van der Waals surface area contributed by atoms with E-state index in [2.05, 4.69) is 14.7 Å². The van der Waals surface area contributed by atoms with Gasteiger partial charge in [-0.25, -0.2) is 23.1 Å². The van der Waals surface area contributed by atoms with Gasteiger partial charge in [0.25, 0.3) is 0 Å². The van der Waals surface area contributed by atoms with Crippen molar-refractivity contribution in [3.8, 4) is 0 Å². The van der Waals surface area contributed by atoms with Gasteiger partial charge in [0.2, 0.25) is 15.9 Å². The van der Waals surface area contributed by atoms with E-state index in [9.17, 15) is 13.2 Å². The molecule has 0 aromatic carbocycles. The van der Waals surface area contributed by atoms with E-state index in [4.69, 9.17) is 0 Å². The molecule has 1 aromatic heterocycles. The van der Waals surface area contributed by atoms with Crippen LogP contribution >= 0.6 is 0 Å². The minimum atomic E-state index is -3.35. The number of amides is 1. The zero-order chi connectivity index (χ0) is 15.6. The van der Waals surface area contributed by atoms with Crippen molar-refractivity contribution in [2.24, 2.45) is 0 Å². The van der Waals surface area contributed by atoms with E-state index in [-0.39, 0.29) is 18.4 Å². The Morgan fingerprint density at radius 2 is 2.00 bits per heavy atom. The molecule has 116 valence electrons. The maximum atomic E-state index is 12.0. The number of rotatable bonds is 4. The molecule has 1 N–H and O–H groups in total. The van der Waals surface area contributed by atoms with Crippen molar-refractivity contribution in [2.45, 2.75) is 26.2 Å². The first-order valence-electron chi connectivity index (χ1n) is 6.79. The first-order chi connectivity index (χ1) is 9.74. The normalized spacial score (nSPS) is 19.0. The molecule has 0 unspecified atom stereocenters. The van der Waals surface area contributed by atoms with E-state index >= 15 is 0 Å². The predicted octanol–water partition coefficient (Wildman–Crippen LogP) is -0.0415. The molecular formula is C13H20N4O3S. The Morgan fingerprint density at radius 1 is 1.38 bits per heavy atom. The van der Waals surface area contributed by atoms with Crippen molar-refractivity contribution >= 4 is 15.9 Å². The van der Waals surface area contributed by atoms with E-state index in [1.165, 1.54) is 0 Å². The van der Waals surface area contributed by atoms with E-state index in [0.717, 1.165) is 29.9 Å². The molecule has 0 radical (unpaired) electrons. The number of carbonyl (C=O) groups excluding carboxylic acids is 1. The van der Waals surface area contributed by atoms with Crippen LogP contribution in [0.3, 0.4) is 0 Å². The molecule has 0 aliphatic carbocycles. The Hall–Kier alpha value is -1.54. The molecule has 1 aromatic rings. The zero-order valence-electron chi connectivity index (χ0n) is 12.5. The van der Waals surface area contributed by atoms with Crippen LogP contribution in [0.5, 0.6) is 0 Å². The van der Waals surface area contributed by atoms with E-state index < -0.39 is 10.0 Å². The number of sulfonamides is 1. The monoisotopic (exact) mass is 312 g/mol. The van der Waals surface area contributed by atoms with Crippen molar-refractivity contribution in [1.29, 1.82) is 0 Å². The fourth-order valence-electron chi connectivity index (χ4n) is 2.44. The molecule has 1 amide bonds. The van der Waals surface area contributed by atoms with Gasteiger partial charge in [0.05, 0.1) is 12.8 Å². The summed E-state index contributed by atoms with van der Waals surface area (Å²) >= 11 is 0. The minimum absolute atomic E-state index is 0.116. The molecular weight excluding hydrogens is 292 g/mol. The number of hydrogen-bond donors (Lipinski definition) is 1. The van der Waals surface area contributed by atoms with Gasteiger partial charge < -0.3 is 4.90 Å². The van der Waals surface area contributed by atoms with Crippen LogP contribution in [0.1, 0.15) is 29.6 Å². The fourth-order valence-corrected chi connectivity index (χ4v) is 2.82. The van der Waals surface area contributed by atoms with E-state index in [1.54, 1.807) is 4.90 Å². The third-order valence-corrected chi connectivity index (χ3v) is 4.06. The summed E-state index contributed by atoms with van der Waals surface area (Å²) in [4.78, 5) is 22.5. The highest BCUT2D eigenvalue weighted by Crippen LogP contribution is 2.24. The molecule has 1 aliphatic rings. The Labute approximate surface area is 124 Å². The average molecular weight is 312 g/mol.